The van der Waals surface area contributed by atoms with Crippen LogP contribution in [0.4, 0.5) is 13.2 Å². The molecule has 1 N–H and O–H groups in total. The molecule has 0 amide bonds. The minimum Gasteiger partial charge on any atom is -0.462 e. The van der Waals surface area contributed by atoms with Crippen LogP contribution in [0.1, 0.15) is 24.8 Å². The van der Waals surface area contributed by atoms with Gasteiger partial charge in [0.15, 0.2) is 0 Å². The van der Waals surface area contributed by atoms with Crippen LogP contribution < -0.4 is 4.74 Å². The van der Waals surface area contributed by atoms with Crippen molar-refractivity contribution in [2.24, 2.45) is 5.92 Å². The number of hydrogen-bond donors (Lipinski definition) is 1. The Morgan fingerprint density at radius 1 is 1.29 bits per heavy atom. The highest BCUT2D eigenvalue weighted by Gasteiger charge is 2.33. The first-order chi connectivity index (χ1) is 13.2. The summed E-state index contributed by atoms with van der Waals surface area (Å²) in [5.41, 5.74) is 0.297. The summed E-state index contributed by atoms with van der Waals surface area (Å²) in [6.07, 6.45) is -4.36. The zero-order valence-corrected chi connectivity index (χ0v) is 15.0. The summed E-state index contributed by atoms with van der Waals surface area (Å²) >= 11 is 0. The van der Waals surface area contributed by atoms with E-state index in [9.17, 15) is 27.9 Å². The lowest BCUT2D eigenvalue weighted by Crippen LogP contribution is -2.38. The van der Waals surface area contributed by atoms with Crippen LogP contribution in [0.25, 0.3) is 0 Å². The van der Waals surface area contributed by atoms with E-state index in [1.165, 1.54) is 12.1 Å². The highest BCUT2D eigenvalue weighted by atomic mass is 19.4. The van der Waals surface area contributed by atoms with Crippen molar-refractivity contribution < 1.29 is 42.1 Å². The van der Waals surface area contributed by atoms with Crippen LogP contribution in [-0.2, 0) is 25.5 Å². The summed E-state index contributed by atoms with van der Waals surface area (Å²) in [6, 6.07) is 5.06. The fourth-order valence-electron chi connectivity index (χ4n) is 2.98. The lowest BCUT2D eigenvalue weighted by Gasteiger charge is -2.32. The number of rotatable bonds is 7. The minimum absolute atomic E-state index is 0.0509. The van der Waals surface area contributed by atoms with E-state index in [1.807, 2.05) is 0 Å². The van der Waals surface area contributed by atoms with Crippen molar-refractivity contribution in [1.29, 1.82) is 0 Å². The van der Waals surface area contributed by atoms with E-state index in [1.54, 1.807) is 0 Å². The van der Waals surface area contributed by atoms with E-state index in [-0.39, 0.29) is 18.9 Å². The molecule has 1 saturated carbocycles. The van der Waals surface area contributed by atoms with Crippen LogP contribution >= 0.6 is 0 Å². The normalized spacial score (nSPS) is 22.2. The van der Waals surface area contributed by atoms with Gasteiger partial charge in [0.25, 0.3) is 0 Å². The fraction of sp³-hybridized carbons (Fsp3) is 0.474. The molecule has 9 heteroatoms. The van der Waals surface area contributed by atoms with Gasteiger partial charge in [0.2, 0.25) is 0 Å². The van der Waals surface area contributed by atoms with Crippen LogP contribution in [-0.4, -0.2) is 42.2 Å². The van der Waals surface area contributed by atoms with E-state index in [4.69, 9.17) is 9.47 Å². The van der Waals surface area contributed by atoms with E-state index in [0.29, 0.717) is 24.8 Å². The molecule has 2 rings (SSSR count). The van der Waals surface area contributed by atoms with Crippen molar-refractivity contribution in [3.8, 4) is 5.75 Å². The molecule has 1 aliphatic rings. The molecule has 1 fully saturated rings. The van der Waals surface area contributed by atoms with Gasteiger partial charge in [0.05, 0.1) is 19.1 Å². The maximum Gasteiger partial charge on any atom is 0.573 e. The third-order valence-electron chi connectivity index (χ3n) is 4.25. The summed E-state index contributed by atoms with van der Waals surface area (Å²) in [6.45, 7) is 3.44. The minimum atomic E-state index is -4.82. The molecular formula is C19H21F3O6. The molecule has 3 unspecified atom stereocenters. The number of hydrogen-bond acceptors (Lipinski definition) is 6. The molecule has 1 aromatic carbocycles. The van der Waals surface area contributed by atoms with Crippen molar-refractivity contribution >= 4 is 11.9 Å². The van der Waals surface area contributed by atoms with Crippen LogP contribution in [0.15, 0.2) is 36.9 Å². The third kappa shape index (κ3) is 7.22. The topological polar surface area (TPSA) is 82.1 Å². The predicted octanol–water partition coefficient (Wildman–Crippen LogP) is 2.93. The SMILES string of the molecule is C=CC(=O)OCC1CCC(OC(=O)Cc2cccc(OC(F)(F)F)c2)C(O)C1. The second kappa shape index (κ2) is 9.59. The van der Waals surface area contributed by atoms with E-state index in [0.717, 1.165) is 18.2 Å². The first-order valence-corrected chi connectivity index (χ1v) is 8.67. The number of carbonyl (C=O) groups excluding carboxylic acids is 2. The number of carbonyl (C=O) groups is 2. The fourth-order valence-corrected chi connectivity index (χ4v) is 2.98. The van der Waals surface area contributed by atoms with Crippen LogP contribution in [0, 0.1) is 5.92 Å². The summed E-state index contributed by atoms with van der Waals surface area (Å²) in [5, 5.41) is 10.2. The standard InChI is InChI=1S/C19H21F3O6/c1-2-17(24)26-11-13-6-7-16(15(23)9-13)27-18(25)10-12-4-3-5-14(8-12)28-19(20,21)22/h2-5,8,13,15-16,23H,1,6-7,9-11H2. The first-order valence-electron chi connectivity index (χ1n) is 8.67. The average Bonchev–Trinajstić information content (AvgIpc) is 2.60. The van der Waals surface area contributed by atoms with E-state index >= 15 is 0 Å². The van der Waals surface area contributed by atoms with Gasteiger partial charge in [-0.25, -0.2) is 4.79 Å². The number of aliphatic hydroxyl groups is 1. The number of halogens is 3. The molecule has 0 heterocycles. The molecule has 154 valence electrons. The molecule has 0 aliphatic heterocycles. The van der Waals surface area contributed by atoms with Crippen LogP contribution in [0.3, 0.4) is 0 Å². The maximum absolute atomic E-state index is 12.3. The number of esters is 2. The Kier molecular flexibility index (Phi) is 7.45. The van der Waals surface area contributed by atoms with E-state index in [2.05, 4.69) is 11.3 Å². The van der Waals surface area contributed by atoms with Gasteiger partial charge < -0.3 is 19.3 Å². The molecule has 0 radical (unpaired) electrons. The molecule has 0 saturated heterocycles. The van der Waals surface area contributed by atoms with Gasteiger partial charge in [0, 0.05) is 6.08 Å². The van der Waals surface area contributed by atoms with Crippen molar-refractivity contribution in [1.82, 2.24) is 0 Å². The van der Waals surface area contributed by atoms with Gasteiger partial charge in [-0.1, -0.05) is 18.7 Å². The zero-order valence-electron chi connectivity index (χ0n) is 15.0. The molecule has 1 aromatic rings. The quantitative estimate of drug-likeness (QED) is 0.558. The van der Waals surface area contributed by atoms with Crippen molar-refractivity contribution in [2.75, 3.05) is 6.61 Å². The zero-order chi connectivity index (χ0) is 20.7. The van der Waals surface area contributed by atoms with Crippen molar-refractivity contribution in [3.05, 3.63) is 42.5 Å². The molecule has 28 heavy (non-hydrogen) atoms. The monoisotopic (exact) mass is 402 g/mol. The van der Waals surface area contributed by atoms with Gasteiger partial charge in [-0.2, -0.15) is 0 Å². The van der Waals surface area contributed by atoms with E-state index < -0.39 is 36.3 Å². The highest BCUT2D eigenvalue weighted by Crippen LogP contribution is 2.28. The van der Waals surface area contributed by atoms with Gasteiger partial charge in [-0.15, -0.1) is 13.2 Å². The predicted molar refractivity (Wildman–Crippen MR) is 91.2 cm³/mol. The summed E-state index contributed by atoms with van der Waals surface area (Å²) in [5.74, 6) is -1.68. The summed E-state index contributed by atoms with van der Waals surface area (Å²) in [7, 11) is 0. The summed E-state index contributed by atoms with van der Waals surface area (Å²) in [4.78, 5) is 23.2. The molecule has 6 nitrogen and oxygen atoms in total. The molecule has 0 spiro atoms. The Morgan fingerprint density at radius 3 is 2.68 bits per heavy atom. The smallest absolute Gasteiger partial charge is 0.462 e. The van der Waals surface area contributed by atoms with Crippen molar-refractivity contribution in [2.45, 2.75) is 44.3 Å². The lowest BCUT2D eigenvalue weighted by atomic mass is 9.86. The molecular weight excluding hydrogens is 381 g/mol. The van der Waals surface area contributed by atoms with Gasteiger partial charge in [0.1, 0.15) is 11.9 Å². The van der Waals surface area contributed by atoms with Crippen LogP contribution in [0.5, 0.6) is 5.75 Å². The Balaban J connectivity index is 1.83. The number of ether oxygens (including phenoxy) is 3. The highest BCUT2D eigenvalue weighted by molar-refractivity contribution is 5.81. The maximum atomic E-state index is 12.3. The Hall–Kier alpha value is -2.55. The summed E-state index contributed by atoms with van der Waals surface area (Å²) < 4.78 is 50.8. The molecule has 1 aliphatic carbocycles. The molecule has 3 atom stereocenters. The van der Waals surface area contributed by atoms with Crippen LogP contribution in [0.2, 0.25) is 0 Å². The van der Waals surface area contributed by atoms with Gasteiger partial charge in [-0.05, 0) is 42.9 Å². The number of alkyl halides is 3. The second-order valence-electron chi connectivity index (χ2n) is 6.48. The van der Waals surface area contributed by atoms with Crippen molar-refractivity contribution in [3.63, 3.8) is 0 Å². The Morgan fingerprint density at radius 2 is 2.04 bits per heavy atom. The molecule has 0 bridgehead atoms. The average molecular weight is 402 g/mol. The van der Waals surface area contributed by atoms with Gasteiger partial charge in [-0.3, -0.25) is 4.79 Å². The molecule has 0 aromatic heterocycles. The van der Waals surface area contributed by atoms with Gasteiger partial charge >= 0.3 is 18.3 Å². The second-order valence-corrected chi connectivity index (χ2v) is 6.48. The largest absolute Gasteiger partial charge is 0.573 e. The third-order valence-corrected chi connectivity index (χ3v) is 4.25. The number of aliphatic hydroxyl groups excluding tert-OH is 1. The Labute approximate surface area is 159 Å². The number of benzene rings is 1. The Bertz CT molecular complexity index is 703. The lowest BCUT2D eigenvalue weighted by molar-refractivity contribution is -0.274. The first kappa shape index (κ1) is 21.7.